The van der Waals surface area contributed by atoms with Gasteiger partial charge in [-0.2, -0.15) is 0 Å². The SMILES string of the molecule is O=C(COC(=O)/C=C/c1nc2ccccc2o1)Nc1ccc2c(c1)OCO2. The molecule has 1 aromatic heterocycles. The lowest BCUT2D eigenvalue weighted by atomic mass is 10.3. The van der Waals surface area contributed by atoms with E-state index in [2.05, 4.69) is 10.3 Å². The molecule has 0 spiro atoms. The topological polar surface area (TPSA) is 99.9 Å². The van der Waals surface area contributed by atoms with E-state index in [4.69, 9.17) is 18.6 Å². The number of hydrogen-bond acceptors (Lipinski definition) is 7. The zero-order chi connectivity index (χ0) is 18.6. The molecular weight excluding hydrogens is 352 g/mol. The molecule has 2 heterocycles. The molecule has 1 aliphatic rings. The number of esters is 1. The van der Waals surface area contributed by atoms with Gasteiger partial charge in [-0.3, -0.25) is 4.79 Å². The lowest BCUT2D eigenvalue weighted by Gasteiger charge is -2.06. The molecule has 136 valence electrons. The van der Waals surface area contributed by atoms with E-state index >= 15 is 0 Å². The van der Waals surface area contributed by atoms with Crippen molar-refractivity contribution >= 4 is 34.7 Å². The number of oxazole rings is 1. The first kappa shape index (κ1) is 16.6. The quantitative estimate of drug-likeness (QED) is 0.547. The zero-order valence-electron chi connectivity index (χ0n) is 14.0. The second-order valence-corrected chi connectivity index (χ2v) is 5.58. The third kappa shape index (κ3) is 3.90. The Labute approximate surface area is 153 Å². The minimum absolute atomic E-state index is 0.150. The number of fused-ring (bicyclic) bond motifs is 2. The smallest absolute Gasteiger partial charge is 0.331 e. The van der Waals surface area contributed by atoms with E-state index in [1.54, 1.807) is 30.3 Å². The summed E-state index contributed by atoms with van der Waals surface area (Å²) in [7, 11) is 0. The van der Waals surface area contributed by atoms with Crippen LogP contribution in [0.15, 0.2) is 53.0 Å². The fourth-order valence-corrected chi connectivity index (χ4v) is 2.46. The zero-order valence-corrected chi connectivity index (χ0v) is 14.0. The summed E-state index contributed by atoms with van der Waals surface area (Å²) in [4.78, 5) is 27.8. The van der Waals surface area contributed by atoms with Crippen LogP contribution >= 0.6 is 0 Å². The number of amides is 1. The highest BCUT2D eigenvalue weighted by atomic mass is 16.7. The average Bonchev–Trinajstić information content (AvgIpc) is 3.30. The second kappa shape index (κ2) is 7.20. The number of nitrogens with one attached hydrogen (secondary N) is 1. The van der Waals surface area contributed by atoms with E-state index in [0.717, 1.165) is 6.08 Å². The Kier molecular flexibility index (Phi) is 4.44. The van der Waals surface area contributed by atoms with Gasteiger partial charge in [0.15, 0.2) is 23.7 Å². The molecule has 0 saturated heterocycles. The number of hydrogen-bond donors (Lipinski definition) is 1. The molecule has 27 heavy (non-hydrogen) atoms. The van der Waals surface area contributed by atoms with Gasteiger partial charge in [0.1, 0.15) is 5.52 Å². The third-order valence-electron chi connectivity index (χ3n) is 3.67. The summed E-state index contributed by atoms with van der Waals surface area (Å²) in [5.74, 6) is 0.281. The van der Waals surface area contributed by atoms with Crippen LogP contribution in [0, 0.1) is 0 Å². The van der Waals surface area contributed by atoms with Crippen molar-refractivity contribution in [3.8, 4) is 11.5 Å². The number of anilines is 1. The minimum atomic E-state index is -0.682. The standard InChI is InChI=1S/C19H14N2O6/c22-17(20-12-5-6-15-16(9-12)26-11-25-15)10-24-19(23)8-7-18-21-13-3-1-2-4-14(13)27-18/h1-9H,10-11H2,(H,20,22)/b8-7+. The summed E-state index contributed by atoms with van der Waals surface area (Å²) in [5, 5.41) is 2.61. The van der Waals surface area contributed by atoms with Gasteiger partial charge in [-0.05, 0) is 24.3 Å². The number of para-hydroxylation sites is 2. The highest BCUT2D eigenvalue weighted by Gasteiger charge is 2.14. The molecule has 1 amide bonds. The Morgan fingerprint density at radius 3 is 2.89 bits per heavy atom. The molecule has 0 aliphatic carbocycles. The highest BCUT2D eigenvalue weighted by Crippen LogP contribution is 2.34. The van der Waals surface area contributed by atoms with Gasteiger partial charge in [0, 0.05) is 23.9 Å². The lowest BCUT2D eigenvalue weighted by molar-refractivity contribution is -0.142. The van der Waals surface area contributed by atoms with Gasteiger partial charge in [-0.25, -0.2) is 9.78 Å². The molecule has 2 aromatic carbocycles. The van der Waals surface area contributed by atoms with Gasteiger partial charge < -0.3 is 23.9 Å². The number of rotatable bonds is 5. The number of carbonyl (C=O) groups is 2. The van der Waals surface area contributed by atoms with Crippen LogP contribution in [0.2, 0.25) is 0 Å². The Hall–Kier alpha value is -3.81. The van der Waals surface area contributed by atoms with E-state index in [0.29, 0.717) is 28.3 Å². The van der Waals surface area contributed by atoms with E-state index in [9.17, 15) is 9.59 Å². The maximum atomic E-state index is 11.9. The molecule has 0 unspecified atom stereocenters. The summed E-state index contributed by atoms with van der Waals surface area (Å²) in [6, 6.07) is 12.2. The molecule has 3 aromatic rings. The molecule has 0 atom stereocenters. The van der Waals surface area contributed by atoms with E-state index < -0.39 is 18.5 Å². The average molecular weight is 366 g/mol. The maximum Gasteiger partial charge on any atom is 0.331 e. The molecule has 1 N–H and O–H groups in total. The Morgan fingerprint density at radius 2 is 2.00 bits per heavy atom. The van der Waals surface area contributed by atoms with E-state index in [1.165, 1.54) is 6.08 Å². The van der Waals surface area contributed by atoms with Crippen LogP contribution in [0.3, 0.4) is 0 Å². The molecule has 0 fully saturated rings. The van der Waals surface area contributed by atoms with Crippen molar-refractivity contribution in [2.75, 3.05) is 18.7 Å². The molecule has 0 bridgehead atoms. The predicted molar refractivity (Wildman–Crippen MR) is 95.2 cm³/mol. The highest BCUT2D eigenvalue weighted by molar-refractivity contribution is 5.94. The van der Waals surface area contributed by atoms with Gasteiger partial charge in [-0.1, -0.05) is 12.1 Å². The fourth-order valence-electron chi connectivity index (χ4n) is 2.46. The van der Waals surface area contributed by atoms with Crippen LogP contribution < -0.4 is 14.8 Å². The largest absolute Gasteiger partial charge is 0.454 e. The minimum Gasteiger partial charge on any atom is -0.454 e. The Morgan fingerprint density at radius 1 is 1.15 bits per heavy atom. The van der Waals surface area contributed by atoms with Crippen molar-refractivity contribution in [3.05, 3.63) is 54.4 Å². The first-order valence-electron chi connectivity index (χ1n) is 8.07. The van der Waals surface area contributed by atoms with E-state index in [-0.39, 0.29) is 12.7 Å². The second-order valence-electron chi connectivity index (χ2n) is 5.58. The van der Waals surface area contributed by atoms with Gasteiger partial charge in [0.05, 0.1) is 0 Å². The van der Waals surface area contributed by atoms with Gasteiger partial charge in [0.2, 0.25) is 12.7 Å². The number of carbonyl (C=O) groups excluding carboxylic acids is 2. The molecule has 4 rings (SSSR count). The van der Waals surface area contributed by atoms with Crippen molar-refractivity contribution in [3.63, 3.8) is 0 Å². The molecule has 0 saturated carbocycles. The number of aromatic nitrogens is 1. The van der Waals surface area contributed by atoms with Gasteiger partial charge in [-0.15, -0.1) is 0 Å². The molecule has 8 nitrogen and oxygen atoms in total. The van der Waals surface area contributed by atoms with Crippen LogP contribution in [0.1, 0.15) is 5.89 Å². The Balaban J connectivity index is 1.28. The van der Waals surface area contributed by atoms with Crippen molar-refractivity contribution in [1.82, 2.24) is 4.98 Å². The third-order valence-corrected chi connectivity index (χ3v) is 3.67. The van der Waals surface area contributed by atoms with Crippen molar-refractivity contribution in [2.45, 2.75) is 0 Å². The molecular formula is C19H14N2O6. The maximum absolute atomic E-state index is 11.9. The molecule has 1 aliphatic heterocycles. The fraction of sp³-hybridized carbons (Fsp3) is 0.105. The number of benzene rings is 2. The normalized spacial score (nSPS) is 12.4. The lowest BCUT2D eigenvalue weighted by Crippen LogP contribution is -2.20. The summed E-state index contributed by atoms with van der Waals surface area (Å²) in [5.41, 5.74) is 1.82. The summed E-state index contributed by atoms with van der Waals surface area (Å²) >= 11 is 0. The first-order valence-corrected chi connectivity index (χ1v) is 8.07. The predicted octanol–water partition coefficient (Wildman–Crippen LogP) is 2.75. The van der Waals surface area contributed by atoms with Crippen LogP contribution in [-0.2, 0) is 14.3 Å². The summed E-state index contributed by atoms with van der Waals surface area (Å²) in [6.07, 6.45) is 2.54. The van der Waals surface area contributed by atoms with Crippen molar-refractivity contribution in [2.24, 2.45) is 0 Å². The van der Waals surface area contributed by atoms with Crippen LogP contribution in [0.5, 0.6) is 11.5 Å². The Bertz CT molecular complexity index is 1010. The summed E-state index contributed by atoms with van der Waals surface area (Å²) in [6.45, 7) is -0.276. The van der Waals surface area contributed by atoms with Gasteiger partial charge in [0.25, 0.3) is 5.91 Å². The molecule has 8 heteroatoms. The molecule has 0 radical (unpaired) electrons. The first-order chi connectivity index (χ1) is 13.2. The number of ether oxygens (including phenoxy) is 3. The van der Waals surface area contributed by atoms with Crippen molar-refractivity contribution < 1.29 is 28.2 Å². The van der Waals surface area contributed by atoms with Crippen LogP contribution in [-0.4, -0.2) is 30.3 Å². The van der Waals surface area contributed by atoms with Gasteiger partial charge >= 0.3 is 5.97 Å². The van der Waals surface area contributed by atoms with E-state index in [1.807, 2.05) is 12.1 Å². The summed E-state index contributed by atoms with van der Waals surface area (Å²) < 4.78 is 20.8. The van der Waals surface area contributed by atoms with Crippen molar-refractivity contribution in [1.29, 1.82) is 0 Å². The monoisotopic (exact) mass is 366 g/mol. The number of nitrogens with zero attached hydrogens (tertiary/aromatic N) is 1. The van der Waals surface area contributed by atoms with Crippen LogP contribution in [0.4, 0.5) is 5.69 Å². The van der Waals surface area contributed by atoms with Crippen LogP contribution in [0.25, 0.3) is 17.2 Å².